The van der Waals surface area contributed by atoms with Crippen LogP contribution in [-0.2, 0) is 13.0 Å². The van der Waals surface area contributed by atoms with E-state index in [1.54, 1.807) is 12.1 Å². The molecule has 0 aliphatic heterocycles. The predicted octanol–water partition coefficient (Wildman–Crippen LogP) is 5.98. The van der Waals surface area contributed by atoms with Crippen molar-refractivity contribution in [2.75, 3.05) is 19.0 Å². The summed E-state index contributed by atoms with van der Waals surface area (Å²) in [5.41, 5.74) is 5.91. The molecule has 0 spiro atoms. The van der Waals surface area contributed by atoms with Gasteiger partial charge in [0.1, 0.15) is 12.4 Å². The zero-order valence-corrected chi connectivity index (χ0v) is 18.3. The van der Waals surface area contributed by atoms with Gasteiger partial charge in [0.05, 0.1) is 5.56 Å². The maximum absolute atomic E-state index is 11.3. The van der Waals surface area contributed by atoms with E-state index in [1.165, 1.54) is 5.56 Å². The first-order chi connectivity index (χ1) is 14.9. The van der Waals surface area contributed by atoms with Gasteiger partial charge in [-0.05, 0) is 66.8 Å². The van der Waals surface area contributed by atoms with Crippen molar-refractivity contribution in [1.29, 1.82) is 0 Å². The molecule has 0 bridgehead atoms. The molecule has 31 heavy (non-hydrogen) atoms. The van der Waals surface area contributed by atoms with Gasteiger partial charge < -0.3 is 14.7 Å². The molecule has 0 radical (unpaired) electrons. The molecule has 0 saturated carbocycles. The Labute approximate surface area is 184 Å². The molecule has 160 valence electrons. The Morgan fingerprint density at radius 3 is 2.35 bits per heavy atom. The summed E-state index contributed by atoms with van der Waals surface area (Å²) in [4.78, 5) is 13.3. The Balaban J connectivity index is 1.55. The fourth-order valence-electron chi connectivity index (χ4n) is 3.34. The van der Waals surface area contributed by atoms with Gasteiger partial charge in [-0.15, -0.1) is 0 Å². The molecule has 0 amide bonds. The Morgan fingerprint density at radius 1 is 1.00 bits per heavy atom. The van der Waals surface area contributed by atoms with Crippen LogP contribution in [0.3, 0.4) is 0 Å². The molecule has 4 nitrogen and oxygen atoms in total. The number of carboxylic acids is 1. The van der Waals surface area contributed by atoms with E-state index in [-0.39, 0.29) is 0 Å². The number of hydrogen-bond donors (Lipinski definition) is 1. The number of carboxylic acid groups (broad SMARTS) is 1. The van der Waals surface area contributed by atoms with Gasteiger partial charge >= 0.3 is 5.97 Å². The molecule has 3 aromatic carbocycles. The fraction of sp³-hybridized carbons (Fsp3) is 0.222. The molecular formula is C27H29NO3. The predicted molar refractivity (Wildman–Crippen MR) is 127 cm³/mol. The first-order valence-electron chi connectivity index (χ1n) is 10.4. The molecule has 1 N–H and O–H groups in total. The number of aryl methyl sites for hydroxylation is 2. The minimum Gasteiger partial charge on any atom is -0.489 e. The van der Waals surface area contributed by atoms with Crippen LogP contribution in [0.1, 0.15) is 39.0 Å². The second-order valence-corrected chi connectivity index (χ2v) is 7.83. The fourth-order valence-corrected chi connectivity index (χ4v) is 3.34. The van der Waals surface area contributed by atoms with Crippen molar-refractivity contribution in [3.63, 3.8) is 0 Å². The minimum atomic E-state index is -0.896. The lowest BCUT2D eigenvalue weighted by Gasteiger charge is -2.17. The second kappa shape index (κ2) is 10.5. The largest absolute Gasteiger partial charge is 0.489 e. The summed E-state index contributed by atoms with van der Waals surface area (Å²) in [6.07, 6.45) is 5.81. The van der Waals surface area contributed by atoms with Crippen molar-refractivity contribution < 1.29 is 14.6 Å². The minimum absolute atomic E-state index is 0.325. The maximum atomic E-state index is 11.3. The van der Waals surface area contributed by atoms with Crippen molar-refractivity contribution in [2.24, 2.45) is 0 Å². The second-order valence-electron chi connectivity index (χ2n) is 7.83. The molecule has 3 aromatic rings. The van der Waals surface area contributed by atoms with Crippen LogP contribution in [0.4, 0.5) is 5.69 Å². The number of carbonyl (C=O) groups is 1. The summed E-state index contributed by atoms with van der Waals surface area (Å²) in [6, 6.07) is 21.7. The quantitative estimate of drug-likeness (QED) is 0.467. The third kappa shape index (κ3) is 6.48. The van der Waals surface area contributed by atoms with Gasteiger partial charge in [0.2, 0.25) is 0 Å². The molecule has 0 unspecified atom stereocenters. The normalized spacial score (nSPS) is 10.9. The summed E-state index contributed by atoms with van der Waals surface area (Å²) in [6.45, 7) is 2.63. The van der Waals surface area contributed by atoms with Gasteiger partial charge in [-0.25, -0.2) is 4.79 Å². The number of aromatic carboxylic acids is 1. The van der Waals surface area contributed by atoms with Crippen LogP contribution in [-0.4, -0.2) is 25.2 Å². The molecule has 0 heterocycles. The van der Waals surface area contributed by atoms with Crippen molar-refractivity contribution in [1.82, 2.24) is 0 Å². The molecule has 0 fully saturated rings. The number of anilines is 1. The van der Waals surface area contributed by atoms with Crippen LogP contribution in [0.15, 0.2) is 72.8 Å². The number of nitrogens with zero attached hydrogens (tertiary/aromatic N) is 1. The number of ether oxygens (including phenoxy) is 1. The molecule has 0 aliphatic rings. The summed E-state index contributed by atoms with van der Waals surface area (Å²) in [5, 5.41) is 9.26. The average molecular weight is 416 g/mol. The smallest absolute Gasteiger partial charge is 0.335 e. The van der Waals surface area contributed by atoms with E-state index in [4.69, 9.17) is 4.74 Å². The first kappa shape index (κ1) is 22.2. The lowest BCUT2D eigenvalue weighted by molar-refractivity contribution is 0.0696. The number of rotatable bonds is 9. The van der Waals surface area contributed by atoms with Gasteiger partial charge in [0.25, 0.3) is 0 Å². The van der Waals surface area contributed by atoms with E-state index >= 15 is 0 Å². The van der Waals surface area contributed by atoms with E-state index in [9.17, 15) is 9.90 Å². The monoisotopic (exact) mass is 415 g/mol. The zero-order valence-electron chi connectivity index (χ0n) is 18.3. The number of benzene rings is 3. The van der Waals surface area contributed by atoms with Crippen molar-refractivity contribution in [3.8, 4) is 5.75 Å². The topological polar surface area (TPSA) is 49.8 Å². The van der Waals surface area contributed by atoms with E-state index in [0.717, 1.165) is 41.0 Å². The summed E-state index contributed by atoms with van der Waals surface area (Å²) in [7, 11) is 3.94. The Kier molecular flexibility index (Phi) is 7.50. The Morgan fingerprint density at radius 2 is 1.71 bits per heavy atom. The lowest BCUT2D eigenvalue weighted by atomic mass is 10.0. The van der Waals surface area contributed by atoms with Gasteiger partial charge in [0.15, 0.2) is 0 Å². The van der Waals surface area contributed by atoms with Crippen molar-refractivity contribution in [3.05, 3.63) is 101 Å². The van der Waals surface area contributed by atoms with E-state index in [2.05, 4.69) is 43.3 Å². The molecular weight excluding hydrogens is 386 g/mol. The van der Waals surface area contributed by atoms with E-state index in [0.29, 0.717) is 12.2 Å². The molecule has 3 rings (SSSR count). The Bertz CT molecular complexity index is 1040. The third-order valence-corrected chi connectivity index (χ3v) is 5.11. The maximum Gasteiger partial charge on any atom is 0.335 e. The van der Waals surface area contributed by atoms with Crippen molar-refractivity contribution >= 4 is 17.7 Å². The van der Waals surface area contributed by atoms with Gasteiger partial charge in [-0.1, -0.05) is 54.1 Å². The first-order valence-corrected chi connectivity index (χ1v) is 10.4. The van der Waals surface area contributed by atoms with Crippen LogP contribution >= 0.6 is 0 Å². The Hall–Kier alpha value is -3.53. The number of allylic oxidation sites excluding steroid dienone is 1. The summed E-state index contributed by atoms with van der Waals surface area (Å²) in [5.74, 6) is -0.0504. The van der Waals surface area contributed by atoms with E-state index < -0.39 is 5.97 Å². The highest BCUT2D eigenvalue weighted by Gasteiger charge is 2.09. The molecule has 4 heteroatoms. The highest BCUT2D eigenvalue weighted by molar-refractivity contribution is 5.88. The molecule has 0 saturated heterocycles. The van der Waals surface area contributed by atoms with E-state index in [1.807, 2.05) is 49.3 Å². The highest BCUT2D eigenvalue weighted by Crippen LogP contribution is 2.22. The van der Waals surface area contributed by atoms with Crippen LogP contribution in [0.2, 0.25) is 0 Å². The SMILES string of the molecule is Cc1ccc(COc2ccc(/C=C/CCc3cc(C(=O)O)ccc3N(C)C)cc2)cc1. The summed E-state index contributed by atoms with van der Waals surface area (Å²) >= 11 is 0. The van der Waals surface area contributed by atoms with Crippen LogP contribution in [0.25, 0.3) is 6.08 Å². The van der Waals surface area contributed by atoms with Gasteiger partial charge in [-0.3, -0.25) is 0 Å². The average Bonchev–Trinajstić information content (AvgIpc) is 2.77. The molecule has 0 aromatic heterocycles. The summed E-state index contributed by atoms with van der Waals surface area (Å²) < 4.78 is 5.86. The van der Waals surface area contributed by atoms with Gasteiger partial charge in [0, 0.05) is 19.8 Å². The third-order valence-electron chi connectivity index (χ3n) is 5.11. The van der Waals surface area contributed by atoms with Crippen molar-refractivity contribution in [2.45, 2.75) is 26.4 Å². The standard InChI is InChI=1S/C27H29NO3/c1-20-8-10-22(11-9-20)19-31-25-15-12-21(13-16-25)6-4-5-7-23-18-24(27(29)30)14-17-26(23)28(2)3/h4,6,8-18H,5,7,19H2,1-3H3,(H,29,30)/b6-4+. The highest BCUT2D eigenvalue weighted by atomic mass is 16.5. The lowest BCUT2D eigenvalue weighted by Crippen LogP contribution is -2.12. The zero-order chi connectivity index (χ0) is 22.2. The van der Waals surface area contributed by atoms with Gasteiger partial charge in [-0.2, -0.15) is 0 Å². The molecule has 0 atom stereocenters. The van der Waals surface area contributed by atoms with Crippen LogP contribution in [0.5, 0.6) is 5.75 Å². The van der Waals surface area contributed by atoms with Crippen LogP contribution in [0, 0.1) is 6.92 Å². The number of hydrogen-bond acceptors (Lipinski definition) is 3. The van der Waals surface area contributed by atoms with Crippen LogP contribution < -0.4 is 9.64 Å². The molecule has 0 aliphatic carbocycles.